The number of hydrogen-bond acceptors (Lipinski definition) is 4. The summed E-state index contributed by atoms with van der Waals surface area (Å²) in [6.07, 6.45) is 7.51. The Balaban J connectivity index is 0.00000192. The van der Waals surface area contributed by atoms with Gasteiger partial charge in [-0.3, -0.25) is 4.79 Å². The Morgan fingerprint density at radius 1 is 1.13 bits per heavy atom. The van der Waals surface area contributed by atoms with E-state index in [-0.39, 0.29) is 35.9 Å². The molecule has 0 bridgehead atoms. The van der Waals surface area contributed by atoms with Crippen molar-refractivity contribution >= 4 is 28.2 Å². The molecule has 0 unspecified atom stereocenters. The summed E-state index contributed by atoms with van der Waals surface area (Å²) in [5, 5.41) is 0. The number of amides is 1. The monoisotopic (exact) mass is 364 g/mol. The highest BCUT2D eigenvalue weighted by Gasteiger charge is 2.50. The molecule has 0 radical (unpaired) electrons. The van der Waals surface area contributed by atoms with Gasteiger partial charge in [0.1, 0.15) is 0 Å². The van der Waals surface area contributed by atoms with Crippen molar-refractivity contribution in [1.82, 2.24) is 4.90 Å². The smallest absolute Gasteiger partial charge is 0.226 e. The van der Waals surface area contributed by atoms with Gasteiger partial charge < -0.3 is 10.6 Å². The standard InChI is InChI=1S/C16H28N2O3S.ClH/c17-11-13-5-4-6-14(13)15(19)18-9-10-22(20,21)16(12-18)7-2-1-3-8-16;/h13-14H,1-12,17H2;1H/t13-,14-;/m1./s1. The van der Waals surface area contributed by atoms with Gasteiger partial charge in [-0.05, 0) is 38.1 Å². The van der Waals surface area contributed by atoms with Crippen LogP contribution in [-0.4, -0.2) is 49.4 Å². The van der Waals surface area contributed by atoms with Gasteiger partial charge in [0, 0.05) is 19.0 Å². The Labute approximate surface area is 145 Å². The highest BCUT2D eigenvalue weighted by Crippen LogP contribution is 2.40. The summed E-state index contributed by atoms with van der Waals surface area (Å²) in [5.41, 5.74) is 5.80. The van der Waals surface area contributed by atoms with Crippen LogP contribution in [0.4, 0.5) is 0 Å². The van der Waals surface area contributed by atoms with Crippen LogP contribution in [0, 0.1) is 11.8 Å². The summed E-state index contributed by atoms with van der Waals surface area (Å²) in [6, 6.07) is 0. The fraction of sp³-hybridized carbons (Fsp3) is 0.938. The molecule has 23 heavy (non-hydrogen) atoms. The molecular formula is C16H29ClN2O3S. The van der Waals surface area contributed by atoms with Gasteiger partial charge in [0.2, 0.25) is 5.91 Å². The Kier molecular flexibility index (Phi) is 6.01. The Hall–Kier alpha value is -0.330. The SMILES string of the molecule is Cl.NC[C@H]1CCC[C@H]1C(=O)N1CCS(=O)(=O)C2(CCCCC2)C1. The fourth-order valence-corrected chi connectivity index (χ4v) is 6.86. The van der Waals surface area contributed by atoms with Gasteiger partial charge in [-0.1, -0.05) is 25.7 Å². The number of nitrogens with two attached hydrogens (primary N) is 1. The van der Waals surface area contributed by atoms with Crippen molar-refractivity contribution in [2.24, 2.45) is 17.6 Å². The lowest BCUT2D eigenvalue weighted by atomic mass is 9.87. The van der Waals surface area contributed by atoms with Crippen LogP contribution in [0.2, 0.25) is 0 Å². The third-order valence-electron chi connectivity index (χ3n) is 6.12. The maximum absolute atomic E-state index is 12.9. The number of halogens is 1. The first-order valence-electron chi connectivity index (χ1n) is 8.70. The maximum Gasteiger partial charge on any atom is 0.226 e. The van der Waals surface area contributed by atoms with E-state index in [1.165, 1.54) is 0 Å². The van der Waals surface area contributed by atoms with Crippen molar-refractivity contribution in [2.75, 3.05) is 25.4 Å². The third-order valence-corrected chi connectivity index (χ3v) is 8.70. The molecule has 2 aliphatic carbocycles. The maximum atomic E-state index is 12.9. The molecule has 3 fully saturated rings. The molecule has 0 aromatic carbocycles. The van der Waals surface area contributed by atoms with Crippen molar-refractivity contribution in [2.45, 2.75) is 56.1 Å². The number of carbonyl (C=O) groups excluding carboxylic acids is 1. The quantitative estimate of drug-likeness (QED) is 0.809. The molecule has 3 rings (SSSR count). The van der Waals surface area contributed by atoms with Gasteiger partial charge in [0.15, 0.2) is 9.84 Å². The summed E-state index contributed by atoms with van der Waals surface area (Å²) in [7, 11) is -3.07. The molecule has 1 amide bonds. The second-order valence-corrected chi connectivity index (χ2v) is 9.86. The third kappa shape index (κ3) is 3.40. The first-order valence-corrected chi connectivity index (χ1v) is 10.4. The summed E-state index contributed by atoms with van der Waals surface area (Å²) in [4.78, 5) is 14.7. The lowest BCUT2D eigenvalue weighted by molar-refractivity contribution is -0.137. The van der Waals surface area contributed by atoms with E-state index in [9.17, 15) is 13.2 Å². The summed E-state index contributed by atoms with van der Waals surface area (Å²) in [5.74, 6) is 0.603. The summed E-state index contributed by atoms with van der Waals surface area (Å²) >= 11 is 0. The van der Waals surface area contributed by atoms with Crippen molar-refractivity contribution in [3.63, 3.8) is 0 Å². The van der Waals surface area contributed by atoms with Gasteiger partial charge in [-0.25, -0.2) is 8.42 Å². The molecule has 2 saturated carbocycles. The van der Waals surface area contributed by atoms with Crippen LogP contribution in [0.1, 0.15) is 51.4 Å². The molecule has 134 valence electrons. The molecular weight excluding hydrogens is 336 g/mol. The average Bonchev–Trinajstić information content (AvgIpc) is 2.99. The molecule has 2 atom stereocenters. The van der Waals surface area contributed by atoms with Crippen molar-refractivity contribution < 1.29 is 13.2 Å². The Bertz CT molecular complexity index is 531. The van der Waals surface area contributed by atoms with E-state index in [1.807, 2.05) is 4.90 Å². The van der Waals surface area contributed by atoms with E-state index in [0.717, 1.165) is 51.4 Å². The number of sulfone groups is 1. The van der Waals surface area contributed by atoms with E-state index < -0.39 is 14.6 Å². The first kappa shape index (κ1) is 19.0. The topological polar surface area (TPSA) is 80.5 Å². The first-order chi connectivity index (χ1) is 10.5. The van der Waals surface area contributed by atoms with Crippen molar-refractivity contribution in [3.05, 3.63) is 0 Å². The largest absolute Gasteiger partial charge is 0.340 e. The lowest BCUT2D eigenvalue weighted by Crippen LogP contribution is -2.59. The minimum Gasteiger partial charge on any atom is -0.340 e. The molecule has 1 aliphatic heterocycles. The molecule has 1 spiro atoms. The van der Waals surface area contributed by atoms with E-state index in [4.69, 9.17) is 5.73 Å². The Morgan fingerprint density at radius 3 is 2.48 bits per heavy atom. The van der Waals surface area contributed by atoms with Gasteiger partial charge >= 0.3 is 0 Å². The molecule has 3 aliphatic rings. The minimum absolute atomic E-state index is 0. The number of carbonyl (C=O) groups is 1. The predicted molar refractivity (Wildman–Crippen MR) is 93.3 cm³/mol. The predicted octanol–water partition coefficient (Wildman–Crippen LogP) is 1.74. The molecule has 0 aromatic rings. The summed E-state index contributed by atoms with van der Waals surface area (Å²) < 4.78 is 24.6. The molecule has 7 heteroatoms. The molecule has 0 aromatic heterocycles. The minimum atomic E-state index is -3.07. The normalized spacial score (nSPS) is 32.5. The highest BCUT2D eigenvalue weighted by atomic mass is 35.5. The Morgan fingerprint density at radius 2 is 1.83 bits per heavy atom. The van der Waals surface area contributed by atoms with Crippen LogP contribution in [-0.2, 0) is 14.6 Å². The van der Waals surface area contributed by atoms with Crippen molar-refractivity contribution in [1.29, 1.82) is 0 Å². The van der Waals surface area contributed by atoms with Gasteiger partial charge in [-0.15, -0.1) is 12.4 Å². The van der Waals surface area contributed by atoms with Crippen LogP contribution in [0.3, 0.4) is 0 Å². The van der Waals surface area contributed by atoms with Crippen LogP contribution in [0.25, 0.3) is 0 Å². The molecule has 1 saturated heterocycles. The van der Waals surface area contributed by atoms with Crippen LogP contribution < -0.4 is 5.73 Å². The average molecular weight is 365 g/mol. The lowest BCUT2D eigenvalue weighted by Gasteiger charge is -2.45. The van der Waals surface area contributed by atoms with E-state index in [1.54, 1.807) is 0 Å². The van der Waals surface area contributed by atoms with Crippen LogP contribution >= 0.6 is 12.4 Å². The zero-order valence-corrected chi connectivity index (χ0v) is 15.3. The van der Waals surface area contributed by atoms with Gasteiger partial charge in [0.25, 0.3) is 0 Å². The molecule has 5 nitrogen and oxygen atoms in total. The zero-order valence-electron chi connectivity index (χ0n) is 13.7. The van der Waals surface area contributed by atoms with E-state index in [2.05, 4.69) is 0 Å². The fourth-order valence-electron chi connectivity index (χ4n) is 4.70. The molecule has 1 heterocycles. The zero-order chi connectivity index (χ0) is 15.8. The second kappa shape index (κ2) is 7.28. The second-order valence-electron chi connectivity index (χ2n) is 7.36. The van der Waals surface area contributed by atoms with Crippen molar-refractivity contribution in [3.8, 4) is 0 Å². The van der Waals surface area contributed by atoms with E-state index >= 15 is 0 Å². The highest BCUT2D eigenvalue weighted by molar-refractivity contribution is 7.92. The number of nitrogens with zero attached hydrogens (tertiary/aromatic N) is 1. The molecule has 2 N–H and O–H groups in total. The number of rotatable bonds is 2. The van der Waals surface area contributed by atoms with E-state index in [0.29, 0.717) is 19.6 Å². The van der Waals surface area contributed by atoms with Gasteiger partial charge in [0.05, 0.1) is 10.5 Å². The summed E-state index contributed by atoms with van der Waals surface area (Å²) in [6.45, 7) is 1.35. The number of hydrogen-bond donors (Lipinski definition) is 1. The van der Waals surface area contributed by atoms with Crippen LogP contribution in [0.5, 0.6) is 0 Å². The van der Waals surface area contributed by atoms with Crippen LogP contribution in [0.15, 0.2) is 0 Å². The van der Waals surface area contributed by atoms with Gasteiger partial charge in [-0.2, -0.15) is 0 Å².